The average Bonchev–Trinajstić information content (AvgIpc) is 2.59. The Hall–Kier alpha value is -5.01. The number of rotatable bonds is 19. The SMILES string of the molecule is Nc1nc(=O)n(C2CC(CO)C2)cc1F.Nc1nc(=O)n(C2CC(COP(=O)(O)O)C2)cc1F.Nc1nc(=O)n(C2CC(COP(=O)([O-])N3CCOCC3)C2)cc1F.Nc1nc(=O)n(C2CC(COP(=O)([O-])OP(=O)([O-])OP(=O)([O-])[O-])C2)cc1F. The quantitative estimate of drug-likeness (QED) is 0.0374. The highest BCUT2D eigenvalue weighted by molar-refractivity contribution is 7.64. The van der Waals surface area contributed by atoms with Gasteiger partial charge in [0.05, 0.1) is 40.9 Å². The Morgan fingerprint density at radius 2 is 0.812 bits per heavy atom. The molecule has 45 heteroatoms. The molecule has 1 saturated heterocycles. The van der Waals surface area contributed by atoms with Gasteiger partial charge in [-0.1, -0.05) is 0 Å². The van der Waals surface area contributed by atoms with Crippen LogP contribution in [0.1, 0.15) is 75.5 Å². The maximum atomic E-state index is 13.4. The number of phosphoric ester groups is 2. The molecule has 0 radical (unpaired) electrons. The summed E-state index contributed by atoms with van der Waals surface area (Å²) in [6.07, 6.45) is 7.63. The Kier molecular flexibility index (Phi) is 23.1. The zero-order chi connectivity index (χ0) is 63.1. The van der Waals surface area contributed by atoms with Crippen LogP contribution in [-0.2, 0) is 49.8 Å². The first kappa shape index (κ1) is 69.1. The van der Waals surface area contributed by atoms with Crippen molar-refractivity contribution in [1.82, 2.24) is 42.9 Å². The van der Waals surface area contributed by atoms with E-state index in [2.05, 4.69) is 37.6 Å². The van der Waals surface area contributed by atoms with E-state index in [1.165, 1.54) is 13.8 Å². The fourth-order valence-corrected chi connectivity index (χ4v) is 13.5. The molecule has 476 valence electrons. The molecule has 11 N–H and O–H groups in total. The van der Waals surface area contributed by atoms with Crippen LogP contribution in [0.4, 0.5) is 40.8 Å². The predicted octanol–water partition coefficient (Wildman–Crippen LogP) is -2.60. The minimum Gasteiger partial charge on any atom is -0.790 e. The molecule has 0 spiro atoms. The number of hydrogen-bond acceptors (Lipinski definition) is 29. The molecule has 36 nitrogen and oxygen atoms in total. The Bertz CT molecular complexity index is 3510. The second-order valence-electron chi connectivity index (χ2n) is 19.7. The topological polar surface area (TPSA) is 564 Å². The second-order valence-corrected chi connectivity index (χ2v) is 27.0. The molecule has 3 atom stereocenters. The Morgan fingerprint density at radius 1 is 0.506 bits per heavy atom. The van der Waals surface area contributed by atoms with Gasteiger partial charge in [-0.25, -0.2) is 50.3 Å². The molecule has 5 aliphatic rings. The van der Waals surface area contributed by atoms with Gasteiger partial charge in [-0.05, 0) is 75.0 Å². The number of ether oxygens (including phenoxy) is 1. The van der Waals surface area contributed by atoms with E-state index in [1.54, 1.807) is 0 Å². The lowest BCUT2D eigenvalue weighted by Crippen LogP contribution is -2.40. The fraction of sp³-hybridized carbons (Fsp3) is 0.600. The number of nitrogens with two attached hydrogens (primary N) is 4. The van der Waals surface area contributed by atoms with Crippen molar-refractivity contribution in [2.45, 2.75) is 75.5 Å². The highest BCUT2D eigenvalue weighted by Crippen LogP contribution is 2.61. The molecule has 0 aromatic carbocycles. The minimum atomic E-state index is -6.05. The van der Waals surface area contributed by atoms with Crippen molar-refractivity contribution < 1.29 is 107 Å². The third kappa shape index (κ3) is 20.0. The summed E-state index contributed by atoms with van der Waals surface area (Å²) < 4.78 is 139. The highest BCUT2D eigenvalue weighted by Gasteiger charge is 2.37. The standard InChI is InChI=1S/C13H20FN4O5P.C9H15FN3O11P3.C9H13FN3O5P.C9H12FN3O2/c14-11-7-18(13(19)16-12(11)15)10-5-9(6-10)8-23-24(20,21)17-1-3-22-4-2-17;10-7-3-13(9(14)12-8(7)11)6-1-5(2-6)4-22-26(18,19)24-27(20,21)23-25(15,16)17;10-7-3-13(9(14)12-8(7)11)6-1-5(2-6)4-18-19(15,16)17;10-7-3-13(9(15)12-8(7)11)6-1-5(2-6)4-14/h7,9-10H,1-6,8H2,(H,20,21)(H2,15,16,19);3,5-6H,1-2,4H2,(H,18,19)(H,20,21)(H2,11,12,14)(H2,15,16,17);3,5-6H,1-2,4H2,(H2,11,12,14)(H2,15,16,17);3,5-6,14H,1-2,4H2,(H2,11,12,15)/p-5. The smallest absolute Gasteiger partial charge is 0.469 e. The number of aromatic nitrogens is 8. The van der Waals surface area contributed by atoms with Crippen LogP contribution in [0.2, 0.25) is 0 Å². The van der Waals surface area contributed by atoms with Crippen molar-refractivity contribution in [2.75, 3.05) is 75.7 Å². The number of hydrogen-bond donors (Lipinski definition) is 7. The van der Waals surface area contributed by atoms with Crippen LogP contribution in [0.25, 0.3) is 0 Å². The molecule has 0 amide bonds. The number of nitrogens with zero attached hydrogens (tertiary/aromatic N) is 9. The van der Waals surface area contributed by atoms with Crippen LogP contribution < -0.4 is 70.2 Å². The third-order valence-electron chi connectivity index (χ3n) is 13.6. The lowest BCUT2D eigenvalue weighted by molar-refractivity contribution is -0.339. The van der Waals surface area contributed by atoms with Crippen LogP contribution in [0.3, 0.4) is 0 Å². The highest BCUT2D eigenvalue weighted by atomic mass is 31.3. The number of nitrogen functional groups attached to an aromatic ring is 4. The van der Waals surface area contributed by atoms with Gasteiger partial charge in [0.1, 0.15) is 0 Å². The van der Waals surface area contributed by atoms with E-state index < -0.39 is 121 Å². The maximum Gasteiger partial charge on any atom is 0.469 e. The Labute approximate surface area is 475 Å². The van der Waals surface area contributed by atoms with Crippen LogP contribution in [0.5, 0.6) is 0 Å². The molecule has 85 heavy (non-hydrogen) atoms. The molecule has 5 fully saturated rings. The molecule has 9 rings (SSSR count). The molecule has 4 aromatic heterocycles. The summed E-state index contributed by atoms with van der Waals surface area (Å²) in [5, 5.41) is 8.82. The summed E-state index contributed by atoms with van der Waals surface area (Å²) in [5.74, 6) is -5.26. The third-order valence-corrected chi connectivity index (χ3v) is 19.3. The number of phosphoric acid groups is 4. The van der Waals surface area contributed by atoms with Gasteiger partial charge >= 0.3 is 30.6 Å². The first-order valence-electron chi connectivity index (χ1n) is 24.9. The number of aliphatic hydroxyl groups excluding tert-OH is 1. The van der Waals surface area contributed by atoms with Crippen molar-refractivity contribution >= 4 is 62.3 Å². The van der Waals surface area contributed by atoms with E-state index in [0.717, 1.165) is 33.9 Å². The van der Waals surface area contributed by atoms with Gasteiger partial charge in [-0.2, -0.15) is 19.9 Å². The molecule has 4 aliphatic carbocycles. The summed E-state index contributed by atoms with van der Waals surface area (Å²) in [6.45, 7) is 0.785. The van der Waals surface area contributed by atoms with Crippen LogP contribution in [0.15, 0.2) is 44.0 Å². The number of anilines is 4. The van der Waals surface area contributed by atoms with Crippen LogP contribution >= 0.6 is 39.0 Å². The van der Waals surface area contributed by atoms with Gasteiger partial charge in [-0.15, -0.1) is 0 Å². The van der Waals surface area contributed by atoms with Gasteiger partial charge in [0.15, 0.2) is 46.5 Å². The van der Waals surface area contributed by atoms with E-state index >= 15 is 0 Å². The molecule has 4 aromatic rings. The largest absolute Gasteiger partial charge is 0.790 e. The molecular formula is C40H55F4N13O23P5-5. The number of aliphatic hydroxyl groups is 1. The van der Waals surface area contributed by atoms with Crippen LogP contribution in [-0.4, -0.2) is 110 Å². The lowest BCUT2D eigenvalue weighted by atomic mass is 9.81. The summed E-state index contributed by atoms with van der Waals surface area (Å²) >= 11 is 0. The van der Waals surface area contributed by atoms with Crippen LogP contribution in [0, 0.1) is 46.9 Å². The van der Waals surface area contributed by atoms with Gasteiger partial charge in [-0.3, -0.25) is 40.8 Å². The van der Waals surface area contributed by atoms with Gasteiger partial charge < -0.3 is 80.6 Å². The Morgan fingerprint density at radius 3 is 1.12 bits per heavy atom. The first-order chi connectivity index (χ1) is 39.4. The normalized spacial score (nSPS) is 25.1. The Balaban J connectivity index is 0.000000185. The predicted molar refractivity (Wildman–Crippen MR) is 270 cm³/mol. The summed E-state index contributed by atoms with van der Waals surface area (Å²) in [5.41, 5.74) is 18.1. The molecule has 5 heterocycles. The lowest BCUT2D eigenvalue weighted by Gasteiger charge is -2.41. The average molecular weight is 1320 g/mol. The van der Waals surface area contributed by atoms with Crippen molar-refractivity contribution in [3.05, 3.63) is 90.0 Å². The van der Waals surface area contributed by atoms with E-state index in [9.17, 15) is 84.0 Å². The van der Waals surface area contributed by atoms with E-state index in [4.69, 9.17) is 47.1 Å². The second kappa shape index (κ2) is 28.4. The van der Waals surface area contributed by atoms with Gasteiger partial charge in [0.25, 0.3) is 15.6 Å². The summed E-state index contributed by atoms with van der Waals surface area (Å²) in [6, 6.07) is -1.04. The molecular weight excluding hydrogens is 1260 g/mol. The monoisotopic (exact) mass is 1320 g/mol. The van der Waals surface area contributed by atoms with Crippen molar-refractivity contribution in [3.8, 4) is 0 Å². The zero-order valence-corrected chi connectivity index (χ0v) is 48.3. The molecule has 0 bridgehead atoms. The summed E-state index contributed by atoms with van der Waals surface area (Å²) in [4.78, 5) is 132. The van der Waals surface area contributed by atoms with Gasteiger partial charge in [0.2, 0.25) is 7.75 Å². The van der Waals surface area contributed by atoms with Gasteiger partial charge in [0, 0.05) is 68.7 Å². The van der Waals surface area contributed by atoms with Crippen molar-refractivity contribution in [1.29, 1.82) is 0 Å². The fourth-order valence-electron chi connectivity index (χ4n) is 8.91. The van der Waals surface area contributed by atoms with E-state index in [-0.39, 0.29) is 74.4 Å². The number of morpholine rings is 1. The van der Waals surface area contributed by atoms with E-state index in [0.29, 0.717) is 64.8 Å². The first-order valence-corrected chi connectivity index (χ1v) is 32.3. The maximum absolute atomic E-state index is 13.4. The molecule has 4 saturated carbocycles. The minimum absolute atomic E-state index is 0.00849. The molecule has 3 unspecified atom stereocenters. The van der Waals surface area contributed by atoms with Crippen molar-refractivity contribution in [3.63, 3.8) is 0 Å². The molecule has 1 aliphatic heterocycles. The number of halogens is 4. The van der Waals surface area contributed by atoms with Crippen molar-refractivity contribution in [2.24, 2.45) is 23.7 Å². The van der Waals surface area contributed by atoms with E-state index in [1.807, 2.05) is 0 Å². The summed E-state index contributed by atoms with van der Waals surface area (Å²) in [7, 11) is -26.2. The zero-order valence-electron chi connectivity index (χ0n) is 43.8.